The van der Waals surface area contributed by atoms with E-state index in [-0.39, 0.29) is 17.8 Å². The number of ether oxygens (including phenoxy) is 1. The number of halogens is 1. The first kappa shape index (κ1) is 15.6. The Labute approximate surface area is 129 Å². The van der Waals surface area contributed by atoms with E-state index in [1.54, 1.807) is 7.11 Å². The van der Waals surface area contributed by atoms with Crippen LogP contribution in [0, 0.1) is 0 Å². The number of carbonyl (C=O) groups is 1. The predicted octanol–water partition coefficient (Wildman–Crippen LogP) is 2.87. The van der Waals surface area contributed by atoms with Crippen molar-refractivity contribution >= 4 is 28.5 Å². The molecule has 114 valence electrons. The molecule has 0 aliphatic carbocycles. The third kappa shape index (κ3) is 2.97. The Bertz CT molecular complexity index is 639. The summed E-state index contributed by atoms with van der Waals surface area (Å²) >= 11 is 6.00. The molecule has 0 aliphatic heterocycles. The summed E-state index contributed by atoms with van der Waals surface area (Å²) in [7, 11) is 1.60. The Kier molecular flexibility index (Phi) is 5.07. The van der Waals surface area contributed by atoms with E-state index in [2.05, 4.69) is 10.3 Å². The first-order valence-electron chi connectivity index (χ1n) is 7.01. The van der Waals surface area contributed by atoms with Gasteiger partial charge in [-0.25, -0.2) is 4.98 Å². The molecule has 0 saturated heterocycles. The lowest BCUT2D eigenvalue weighted by Gasteiger charge is -2.16. The highest BCUT2D eigenvalue weighted by atomic mass is 35.5. The zero-order valence-corrected chi connectivity index (χ0v) is 13.3. The topological polar surface area (TPSA) is 56.2 Å². The SMILES string of the molecule is CCCNC(=O)C(C)n1c(CCl)nc2c(OC)cccc21. The first-order chi connectivity index (χ1) is 10.1. The maximum atomic E-state index is 12.2. The standard InChI is InChI=1S/C15H20ClN3O2/c1-4-8-17-15(20)10(2)19-11-6-5-7-12(21-3)14(11)18-13(19)9-16/h5-7,10H,4,8-9H2,1-3H3,(H,17,20). The van der Waals surface area contributed by atoms with Crippen LogP contribution in [-0.4, -0.2) is 29.1 Å². The lowest BCUT2D eigenvalue weighted by Crippen LogP contribution is -2.32. The van der Waals surface area contributed by atoms with E-state index >= 15 is 0 Å². The third-order valence-electron chi connectivity index (χ3n) is 3.41. The number of nitrogens with zero attached hydrogens (tertiary/aromatic N) is 2. The number of methoxy groups -OCH3 is 1. The fraction of sp³-hybridized carbons (Fsp3) is 0.467. The minimum atomic E-state index is -0.373. The Hall–Kier alpha value is -1.75. The quantitative estimate of drug-likeness (QED) is 0.835. The number of fused-ring (bicyclic) bond motifs is 1. The largest absolute Gasteiger partial charge is 0.494 e. The van der Waals surface area contributed by atoms with Crippen LogP contribution in [0.1, 0.15) is 32.1 Å². The van der Waals surface area contributed by atoms with Crippen molar-refractivity contribution in [2.24, 2.45) is 0 Å². The zero-order valence-electron chi connectivity index (χ0n) is 12.5. The molecule has 5 nitrogen and oxygen atoms in total. The fourth-order valence-corrected chi connectivity index (χ4v) is 2.53. The van der Waals surface area contributed by atoms with Gasteiger partial charge in [0.05, 0.1) is 18.5 Å². The van der Waals surface area contributed by atoms with E-state index in [9.17, 15) is 4.79 Å². The normalized spacial score (nSPS) is 12.4. The molecule has 1 unspecified atom stereocenters. The summed E-state index contributed by atoms with van der Waals surface area (Å²) in [5, 5.41) is 2.90. The maximum absolute atomic E-state index is 12.2. The number of imidazole rings is 1. The van der Waals surface area contributed by atoms with Crippen molar-refractivity contribution in [3.63, 3.8) is 0 Å². The van der Waals surface area contributed by atoms with Gasteiger partial charge >= 0.3 is 0 Å². The number of hydrogen-bond acceptors (Lipinski definition) is 3. The van der Waals surface area contributed by atoms with Gasteiger partial charge in [0.15, 0.2) is 0 Å². The molecule has 2 rings (SSSR count). The van der Waals surface area contributed by atoms with E-state index in [4.69, 9.17) is 16.3 Å². The van der Waals surface area contributed by atoms with Gasteiger partial charge in [-0.2, -0.15) is 0 Å². The van der Waals surface area contributed by atoms with Crippen LogP contribution in [0.5, 0.6) is 5.75 Å². The van der Waals surface area contributed by atoms with Gasteiger partial charge in [0.2, 0.25) is 5.91 Å². The van der Waals surface area contributed by atoms with Crippen LogP contribution in [0.2, 0.25) is 0 Å². The van der Waals surface area contributed by atoms with Gasteiger partial charge in [0.25, 0.3) is 0 Å². The van der Waals surface area contributed by atoms with Gasteiger partial charge in [-0.05, 0) is 25.5 Å². The molecule has 1 atom stereocenters. The molecule has 1 heterocycles. The van der Waals surface area contributed by atoms with Gasteiger partial charge in [-0.1, -0.05) is 13.0 Å². The molecule has 0 fully saturated rings. The first-order valence-corrected chi connectivity index (χ1v) is 7.55. The molecular weight excluding hydrogens is 290 g/mol. The third-order valence-corrected chi connectivity index (χ3v) is 3.65. The molecule has 21 heavy (non-hydrogen) atoms. The van der Waals surface area contributed by atoms with Gasteiger partial charge in [-0.15, -0.1) is 11.6 Å². The van der Waals surface area contributed by atoms with E-state index in [1.807, 2.05) is 36.6 Å². The highest BCUT2D eigenvalue weighted by Gasteiger charge is 2.22. The van der Waals surface area contributed by atoms with E-state index in [0.717, 1.165) is 17.5 Å². The van der Waals surface area contributed by atoms with Gasteiger partial charge in [-0.3, -0.25) is 4.79 Å². The molecule has 1 aromatic carbocycles. The van der Waals surface area contributed by atoms with Crippen molar-refractivity contribution in [3.8, 4) is 5.75 Å². The number of amides is 1. The number of benzene rings is 1. The second kappa shape index (κ2) is 6.80. The summed E-state index contributed by atoms with van der Waals surface area (Å²) in [5.74, 6) is 1.54. The Morgan fingerprint density at radius 1 is 1.52 bits per heavy atom. The van der Waals surface area contributed by atoms with E-state index in [0.29, 0.717) is 18.1 Å². The molecule has 0 spiro atoms. The van der Waals surface area contributed by atoms with Gasteiger partial charge in [0.1, 0.15) is 23.1 Å². The van der Waals surface area contributed by atoms with Crippen molar-refractivity contribution in [1.29, 1.82) is 0 Å². The maximum Gasteiger partial charge on any atom is 0.242 e. The summed E-state index contributed by atoms with van der Waals surface area (Å²) in [6.45, 7) is 4.53. The molecule has 1 amide bonds. The van der Waals surface area contributed by atoms with Crippen molar-refractivity contribution in [1.82, 2.24) is 14.9 Å². The number of carbonyl (C=O) groups excluding carboxylic acids is 1. The van der Waals surface area contributed by atoms with Crippen LogP contribution in [0.3, 0.4) is 0 Å². The zero-order chi connectivity index (χ0) is 15.4. The summed E-state index contributed by atoms with van der Waals surface area (Å²) in [6.07, 6.45) is 0.902. The highest BCUT2D eigenvalue weighted by Crippen LogP contribution is 2.29. The van der Waals surface area contributed by atoms with Crippen molar-refractivity contribution in [3.05, 3.63) is 24.0 Å². The molecule has 1 aromatic heterocycles. The summed E-state index contributed by atoms with van der Waals surface area (Å²) < 4.78 is 7.20. The highest BCUT2D eigenvalue weighted by molar-refractivity contribution is 6.17. The summed E-state index contributed by atoms with van der Waals surface area (Å²) in [6, 6.07) is 5.28. The lowest BCUT2D eigenvalue weighted by atomic mass is 10.2. The average molecular weight is 310 g/mol. The van der Waals surface area contributed by atoms with Gasteiger partial charge < -0.3 is 14.6 Å². The van der Waals surface area contributed by atoms with Crippen molar-refractivity contribution < 1.29 is 9.53 Å². The Morgan fingerprint density at radius 3 is 2.90 bits per heavy atom. The van der Waals surface area contributed by atoms with E-state index < -0.39 is 0 Å². The van der Waals surface area contributed by atoms with Crippen LogP contribution in [0.25, 0.3) is 11.0 Å². The fourth-order valence-electron chi connectivity index (χ4n) is 2.34. The minimum Gasteiger partial charge on any atom is -0.494 e. The second-order valence-corrected chi connectivity index (χ2v) is 5.09. The predicted molar refractivity (Wildman–Crippen MR) is 83.9 cm³/mol. The molecule has 0 radical (unpaired) electrons. The number of hydrogen-bond donors (Lipinski definition) is 1. The van der Waals surface area contributed by atoms with E-state index in [1.165, 1.54) is 0 Å². The Balaban J connectivity index is 2.49. The average Bonchev–Trinajstić information content (AvgIpc) is 2.90. The summed E-state index contributed by atoms with van der Waals surface area (Å²) in [4.78, 5) is 16.7. The molecule has 0 bridgehead atoms. The second-order valence-electron chi connectivity index (χ2n) is 4.83. The molecule has 6 heteroatoms. The number of nitrogens with one attached hydrogen (secondary N) is 1. The molecule has 2 aromatic rings. The minimum absolute atomic E-state index is 0.0367. The number of rotatable bonds is 6. The number of alkyl halides is 1. The monoisotopic (exact) mass is 309 g/mol. The Morgan fingerprint density at radius 2 is 2.29 bits per heavy atom. The van der Waals surface area contributed by atoms with Crippen LogP contribution in [0.15, 0.2) is 18.2 Å². The molecule has 0 saturated carbocycles. The molecular formula is C15H20ClN3O2. The number of para-hydroxylation sites is 1. The van der Waals surface area contributed by atoms with Crippen molar-refractivity contribution in [2.75, 3.05) is 13.7 Å². The lowest BCUT2D eigenvalue weighted by molar-refractivity contribution is -0.123. The summed E-state index contributed by atoms with van der Waals surface area (Å²) in [5.41, 5.74) is 1.58. The smallest absolute Gasteiger partial charge is 0.242 e. The van der Waals surface area contributed by atoms with Crippen LogP contribution >= 0.6 is 11.6 Å². The molecule has 0 aliphatic rings. The van der Waals surface area contributed by atoms with Crippen LogP contribution < -0.4 is 10.1 Å². The van der Waals surface area contributed by atoms with Crippen LogP contribution in [-0.2, 0) is 10.7 Å². The van der Waals surface area contributed by atoms with Crippen molar-refractivity contribution in [2.45, 2.75) is 32.2 Å². The van der Waals surface area contributed by atoms with Gasteiger partial charge in [0, 0.05) is 6.54 Å². The van der Waals surface area contributed by atoms with Crippen LogP contribution in [0.4, 0.5) is 0 Å². The number of aromatic nitrogens is 2. The molecule has 1 N–H and O–H groups in total.